The number of nitrogens with zero attached hydrogens (tertiary/aromatic N) is 6. The van der Waals surface area contributed by atoms with E-state index in [-0.39, 0.29) is 24.7 Å². The van der Waals surface area contributed by atoms with Gasteiger partial charge in [-0.3, -0.25) is 9.36 Å². The molecule has 14 heteroatoms. The largest absolute Gasteiger partial charge is 0.461 e. The molecule has 4 rings (SSSR count). The number of carbonyl (C=O) groups is 2. The number of anilines is 2. The van der Waals surface area contributed by atoms with E-state index in [4.69, 9.17) is 19.2 Å². The summed E-state index contributed by atoms with van der Waals surface area (Å²) in [5.74, 6) is 0.253. The van der Waals surface area contributed by atoms with Crippen molar-refractivity contribution in [3.05, 3.63) is 51.8 Å². The van der Waals surface area contributed by atoms with Crippen molar-refractivity contribution in [3.8, 4) is 0 Å². The number of carbonyl (C=O) groups excluding carboxylic acids is 2. The second-order valence-electron chi connectivity index (χ2n) is 13.0. The third-order valence-corrected chi connectivity index (χ3v) is 10.2. The average Bonchev–Trinajstić information content (AvgIpc) is 3.58. The molecule has 1 aromatic carbocycles. The third-order valence-electron chi connectivity index (χ3n) is 6.62. The van der Waals surface area contributed by atoms with Crippen molar-refractivity contribution in [1.29, 1.82) is 0 Å². The molecular weight excluding hydrogens is 641 g/mol. The normalized spacial score (nSPS) is 12.5. The number of hydrogen-bond donors (Lipinski definition) is 0. The zero-order chi connectivity index (χ0) is 33.5. The minimum Gasteiger partial charge on any atom is -0.461 e. The maximum atomic E-state index is 12.4. The highest BCUT2D eigenvalue weighted by atomic mass is 32.1. The minimum atomic E-state index is -1.21. The molecule has 0 saturated heterocycles. The molecule has 0 aliphatic heterocycles. The summed E-state index contributed by atoms with van der Waals surface area (Å²) in [5.41, 5.74) is 1.53. The van der Waals surface area contributed by atoms with Gasteiger partial charge in [0.05, 0.1) is 16.8 Å². The lowest BCUT2D eigenvalue weighted by Gasteiger charge is -2.22. The van der Waals surface area contributed by atoms with E-state index in [9.17, 15) is 9.59 Å². The third kappa shape index (κ3) is 10.0. The Morgan fingerprint density at radius 1 is 1.13 bits per heavy atom. The molecule has 0 saturated carbocycles. The zero-order valence-electron chi connectivity index (χ0n) is 28.0. The van der Waals surface area contributed by atoms with Gasteiger partial charge in [0.15, 0.2) is 27.3 Å². The lowest BCUT2D eigenvalue weighted by molar-refractivity contribution is -0.154. The molecule has 0 aliphatic rings. The van der Waals surface area contributed by atoms with Gasteiger partial charge in [-0.25, -0.2) is 9.78 Å². The van der Waals surface area contributed by atoms with E-state index in [1.54, 1.807) is 23.6 Å². The van der Waals surface area contributed by atoms with E-state index in [0.29, 0.717) is 43.1 Å². The Morgan fingerprint density at radius 2 is 1.89 bits per heavy atom. The molecule has 0 fully saturated rings. The number of para-hydroxylation sites is 1. The van der Waals surface area contributed by atoms with Gasteiger partial charge in [-0.2, -0.15) is 4.99 Å². The molecular formula is C32H44N6O5S2Si. The summed E-state index contributed by atoms with van der Waals surface area (Å²) in [4.78, 5) is 36.8. The monoisotopic (exact) mass is 684 g/mol. The van der Waals surface area contributed by atoms with Crippen LogP contribution in [0.5, 0.6) is 0 Å². The molecule has 0 atom stereocenters. The van der Waals surface area contributed by atoms with Gasteiger partial charge in [0.1, 0.15) is 12.3 Å². The Kier molecular flexibility index (Phi) is 11.9. The number of thiazole rings is 2. The minimum absolute atomic E-state index is 0.218. The van der Waals surface area contributed by atoms with E-state index in [0.717, 1.165) is 26.6 Å². The summed E-state index contributed by atoms with van der Waals surface area (Å²) in [5, 5.41) is 11.2. The number of hydrogen-bond acceptors (Lipinski definition) is 12. The van der Waals surface area contributed by atoms with Crippen molar-refractivity contribution < 1.29 is 23.8 Å². The second kappa shape index (κ2) is 15.4. The Morgan fingerprint density at radius 3 is 2.59 bits per heavy atom. The second-order valence-corrected chi connectivity index (χ2v) is 20.5. The summed E-state index contributed by atoms with van der Waals surface area (Å²) in [6, 6.07) is 11.2. The highest BCUT2D eigenvalue weighted by Crippen LogP contribution is 2.30. The van der Waals surface area contributed by atoms with Crippen LogP contribution in [0.25, 0.3) is 10.2 Å². The molecule has 0 amide bonds. The lowest BCUT2D eigenvalue weighted by atomic mass is 10.2. The molecule has 0 aliphatic carbocycles. The molecule has 4 aromatic rings. The van der Waals surface area contributed by atoms with Gasteiger partial charge < -0.3 is 19.1 Å². The van der Waals surface area contributed by atoms with E-state index < -0.39 is 19.6 Å². The number of rotatable bonds is 14. The van der Waals surface area contributed by atoms with E-state index in [1.165, 1.54) is 11.3 Å². The summed E-state index contributed by atoms with van der Waals surface area (Å²) in [7, 11) is -1.21. The van der Waals surface area contributed by atoms with Crippen LogP contribution in [0.2, 0.25) is 25.7 Å². The average molecular weight is 685 g/mol. The summed E-state index contributed by atoms with van der Waals surface area (Å²) >= 11 is 2.87. The van der Waals surface area contributed by atoms with Gasteiger partial charge in [0, 0.05) is 33.0 Å². The maximum Gasteiger partial charge on any atom is 0.357 e. The summed E-state index contributed by atoms with van der Waals surface area (Å²) < 4.78 is 19.9. The van der Waals surface area contributed by atoms with Crippen LogP contribution in [0.1, 0.15) is 56.6 Å². The van der Waals surface area contributed by atoms with Crippen molar-refractivity contribution >= 4 is 69.7 Å². The van der Waals surface area contributed by atoms with Crippen LogP contribution >= 0.6 is 22.7 Å². The maximum absolute atomic E-state index is 12.4. The first kappa shape index (κ1) is 35.4. The first-order valence-electron chi connectivity index (χ1n) is 15.4. The van der Waals surface area contributed by atoms with Crippen molar-refractivity contribution in [3.63, 3.8) is 0 Å². The molecule has 46 heavy (non-hydrogen) atoms. The van der Waals surface area contributed by atoms with Gasteiger partial charge in [0.25, 0.3) is 0 Å². The predicted molar refractivity (Wildman–Crippen MR) is 186 cm³/mol. The zero-order valence-corrected chi connectivity index (χ0v) is 30.6. The molecule has 248 valence electrons. The number of fused-ring (bicyclic) bond motifs is 1. The first-order chi connectivity index (χ1) is 21.7. The Bertz CT molecular complexity index is 1720. The van der Waals surface area contributed by atoms with Crippen LogP contribution < -0.4 is 9.70 Å². The van der Waals surface area contributed by atoms with E-state index in [2.05, 4.69) is 51.5 Å². The first-order valence-corrected chi connectivity index (χ1v) is 20.8. The van der Waals surface area contributed by atoms with Crippen LogP contribution in [0, 0.1) is 6.92 Å². The number of ether oxygens (including phenoxy) is 3. The van der Waals surface area contributed by atoms with Gasteiger partial charge in [-0.05, 0) is 70.8 Å². The summed E-state index contributed by atoms with van der Waals surface area (Å²) in [6.07, 6.45) is 0.700. The molecule has 0 radical (unpaired) electrons. The molecule has 3 aromatic heterocycles. The van der Waals surface area contributed by atoms with Gasteiger partial charge >= 0.3 is 11.9 Å². The molecule has 0 unspecified atom stereocenters. The fraction of sp³-hybridized carbons (Fsp3) is 0.500. The highest BCUT2D eigenvalue weighted by Gasteiger charge is 2.22. The van der Waals surface area contributed by atoms with Crippen LogP contribution in [0.15, 0.2) is 40.7 Å². The lowest BCUT2D eigenvalue weighted by Crippen LogP contribution is -2.25. The van der Waals surface area contributed by atoms with Crippen molar-refractivity contribution in [2.24, 2.45) is 4.99 Å². The molecule has 11 nitrogen and oxygen atoms in total. The fourth-order valence-corrected chi connectivity index (χ4v) is 6.94. The van der Waals surface area contributed by atoms with Gasteiger partial charge in [-0.1, -0.05) is 43.1 Å². The topological polar surface area (TPSA) is 121 Å². The van der Waals surface area contributed by atoms with Crippen LogP contribution in [-0.2, 0) is 25.7 Å². The smallest absolute Gasteiger partial charge is 0.357 e. The van der Waals surface area contributed by atoms with Gasteiger partial charge in [-0.15, -0.1) is 21.5 Å². The highest BCUT2D eigenvalue weighted by molar-refractivity contribution is 7.16. The Balaban J connectivity index is 1.63. The number of esters is 2. The summed E-state index contributed by atoms with van der Waals surface area (Å²) in [6.45, 7) is 18.0. The van der Waals surface area contributed by atoms with Crippen LogP contribution in [0.3, 0.4) is 0 Å². The van der Waals surface area contributed by atoms with Crippen molar-refractivity contribution in [2.45, 2.75) is 85.5 Å². The SMILES string of the molecule is CCOC(=O)c1csc(N(CCCC(=O)OC(C)(C)C)c2cc(C)c(N=c3sc4ccccc4n3COCC[Si](C)(C)C)nn2)n1. The molecule has 3 heterocycles. The Labute approximate surface area is 279 Å². The van der Waals surface area contributed by atoms with Gasteiger partial charge in [0.2, 0.25) is 0 Å². The van der Waals surface area contributed by atoms with Crippen LogP contribution in [0.4, 0.5) is 16.8 Å². The van der Waals surface area contributed by atoms with Crippen LogP contribution in [-0.4, -0.2) is 65.1 Å². The quantitative estimate of drug-likeness (QED) is 0.0769. The van der Waals surface area contributed by atoms with Crippen molar-refractivity contribution in [2.75, 3.05) is 24.7 Å². The predicted octanol–water partition coefficient (Wildman–Crippen LogP) is 7.24. The van der Waals surface area contributed by atoms with Crippen molar-refractivity contribution in [1.82, 2.24) is 19.7 Å². The molecule has 0 N–H and O–H groups in total. The molecule has 0 bridgehead atoms. The standard InChI is InChI=1S/C32H44N6O5S2Si/c1-9-42-29(40)23-20-44-30(33-23)37(16-12-15-27(39)43-32(3,4)5)26-19-22(2)28(36-35-26)34-31-38(21-41-17-18-46(6,7)8)24-13-10-11-14-25(24)45-31/h10-11,13-14,19-20H,9,12,15-18,21H2,1-8H3. The number of benzene rings is 1. The van der Waals surface area contributed by atoms with E-state index in [1.807, 2.05) is 50.8 Å². The number of aryl methyl sites for hydroxylation is 1. The molecule has 0 spiro atoms. The number of aromatic nitrogens is 4. The Hall–Kier alpha value is -3.46. The fourth-order valence-electron chi connectivity index (χ4n) is 4.33. The van der Waals surface area contributed by atoms with E-state index >= 15 is 0 Å².